The Hall–Kier alpha value is -0.810. The Labute approximate surface area is 96.6 Å². The molecule has 0 saturated carbocycles. The maximum atomic E-state index is 11.5. The zero-order valence-electron chi connectivity index (χ0n) is 10.2. The Balaban J connectivity index is 2.42. The predicted octanol–water partition coefficient (Wildman–Crippen LogP) is 0.481. The van der Waals surface area contributed by atoms with E-state index in [0.717, 1.165) is 13.0 Å². The minimum atomic E-state index is -0.485. The molecule has 94 valence electrons. The van der Waals surface area contributed by atoms with Crippen molar-refractivity contribution in [2.45, 2.75) is 38.8 Å². The van der Waals surface area contributed by atoms with E-state index in [0.29, 0.717) is 6.54 Å². The molecule has 0 radical (unpaired) electrons. The van der Waals surface area contributed by atoms with Crippen molar-refractivity contribution in [2.75, 3.05) is 19.7 Å². The van der Waals surface area contributed by atoms with Crippen LogP contribution >= 0.6 is 0 Å². The summed E-state index contributed by atoms with van der Waals surface area (Å²) >= 11 is 0. The van der Waals surface area contributed by atoms with Gasteiger partial charge in [-0.3, -0.25) is 0 Å². The molecule has 0 aromatic heterocycles. The first-order chi connectivity index (χ1) is 7.42. The molecule has 0 aromatic carbocycles. The number of hydrogen-bond donors (Lipinski definition) is 3. The van der Waals surface area contributed by atoms with Crippen molar-refractivity contribution in [3.63, 3.8) is 0 Å². The molecule has 0 spiro atoms. The highest BCUT2D eigenvalue weighted by atomic mass is 16.6. The summed E-state index contributed by atoms with van der Waals surface area (Å²) in [6, 6.07) is -0.0476. The van der Waals surface area contributed by atoms with Crippen LogP contribution < -0.4 is 10.6 Å². The monoisotopic (exact) mass is 230 g/mol. The van der Waals surface area contributed by atoms with Crippen molar-refractivity contribution in [1.82, 2.24) is 10.6 Å². The summed E-state index contributed by atoms with van der Waals surface area (Å²) in [6.45, 7) is 7.16. The van der Waals surface area contributed by atoms with Gasteiger partial charge in [0, 0.05) is 25.1 Å². The summed E-state index contributed by atoms with van der Waals surface area (Å²) in [7, 11) is 0. The molecule has 0 unspecified atom stereocenters. The predicted molar refractivity (Wildman–Crippen MR) is 61.2 cm³/mol. The molecule has 5 heteroatoms. The third-order valence-electron chi connectivity index (χ3n) is 2.56. The van der Waals surface area contributed by atoms with Crippen LogP contribution in [0, 0.1) is 5.92 Å². The summed E-state index contributed by atoms with van der Waals surface area (Å²) in [5.41, 5.74) is -0.485. The van der Waals surface area contributed by atoms with Gasteiger partial charge in [0.15, 0.2) is 0 Å². The van der Waals surface area contributed by atoms with E-state index in [1.165, 1.54) is 0 Å². The third-order valence-corrected chi connectivity index (χ3v) is 2.56. The van der Waals surface area contributed by atoms with Gasteiger partial charge in [0.2, 0.25) is 0 Å². The quantitative estimate of drug-likeness (QED) is 0.645. The molecule has 1 heterocycles. The lowest BCUT2D eigenvalue weighted by atomic mass is 9.94. The molecule has 0 aliphatic carbocycles. The number of aliphatic hydroxyl groups is 1. The normalized spacial score (nSPS) is 26.2. The van der Waals surface area contributed by atoms with Crippen LogP contribution in [-0.2, 0) is 4.74 Å². The van der Waals surface area contributed by atoms with Crippen LogP contribution in [-0.4, -0.2) is 42.5 Å². The van der Waals surface area contributed by atoms with E-state index in [4.69, 9.17) is 4.74 Å². The topological polar surface area (TPSA) is 70.6 Å². The van der Waals surface area contributed by atoms with Gasteiger partial charge < -0.3 is 20.5 Å². The van der Waals surface area contributed by atoms with Gasteiger partial charge in [-0.2, -0.15) is 0 Å². The second-order valence-corrected chi connectivity index (χ2v) is 5.19. The molecule has 1 fully saturated rings. The van der Waals surface area contributed by atoms with Crippen LogP contribution in [0.25, 0.3) is 0 Å². The van der Waals surface area contributed by atoms with E-state index in [2.05, 4.69) is 10.6 Å². The Bertz CT molecular complexity index is 238. The van der Waals surface area contributed by atoms with Crippen molar-refractivity contribution in [1.29, 1.82) is 0 Å². The summed E-state index contributed by atoms with van der Waals surface area (Å²) in [5.74, 6) is 0.119. The number of nitrogens with one attached hydrogen (secondary N) is 2. The van der Waals surface area contributed by atoms with Crippen LogP contribution in [0.5, 0.6) is 0 Å². The van der Waals surface area contributed by atoms with E-state index >= 15 is 0 Å². The van der Waals surface area contributed by atoms with E-state index in [-0.39, 0.29) is 18.6 Å². The van der Waals surface area contributed by atoms with Gasteiger partial charge in [-0.1, -0.05) is 0 Å². The Morgan fingerprint density at radius 2 is 2.25 bits per heavy atom. The molecule has 1 aliphatic rings. The van der Waals surface area contributed by atoms with Crippen LogP contribution in [0.15, 0.2) is 0 Å². The zero-order valence-corrected chi connectivity index (χ0v) is 10.2. The van der Waals surface area contributed by atoms with Crippen LogP contribution in [0.4, 0.5) is 4.79 Å². The third kappa shape index (κ3) is 4.37. The molecular weight excluding hydrogens is 208 g/mol. The van der Waals surface area contributed by atoms with E-state index < -0.39 is 11.7 Å². The lowest BCUT2D eigenvalue weighted by Crippen LogP contribution is -2.52. The van der Waals surface area contributed by atoms with Crippen molar-refractivity contribution in [2.24, 2.45) is 5.92 Å². The molecule has 1 amide bonds. The van der Waals surface area contributed by atoms with Gasteiger partial charge in [0.1, 0.15) is 5.60 Å². The number of carbonyl (C=O) groups is 1. The fraction of sp³-hybridized carbons (Fsp3) is 0.909. The number of ether oxygens (including phenoxy) is 1. The molecule has 5 nitrogen and oxygen atoms in total. The first-order valence-electron chi connectivity index (χ1n) is 5.73. The molecule has 1 aliphatic heterocycles. The van der Waals surface area contributed by atoms with Crippen LogP contribution in [0.2, 0.25) is 0 Å². The molecule has 1 saturated heterocycles. The molecule has 0 aromatic rings. The van der Waals surface area contributed by atoms with Gasteiger partial charge in [0.25, 0.3) is 0 Å². The maximum absolute atomic E-state index is 11.5. The standard InChI is InChI=1S/C11H22N2O3/c1-11(2,3)16-10(15)13-9-6-12-5-4-8(9)7-14/h8-9,12,14H,4-7H2,1-3H3,(H,13,15)/t8-,9-/m0/s1. The number of rotatable bonds is 2. The number of piperidine rings is 1. The van der Waals surface area contributed by atoms with Gasteiger partial charge in [-0.05, 0) is 33.7 Å². The molecule has 3 N–H and O–H groups in total. The number of alkyl carbamates (subject to hydrolysis) is 1. The Kier molecular flexibility index (Phi) is 4.56. The first kappa shape index (κ1) is 13.3. The Morgan fingerprint density at radius 3 is 2.81 bits per heavy atom. The number of hydrogen-bond acceptors (Lipinski definition) is 4. The maximum Gasteiger partial charge on any atom is 0.407 e. The molecule has 1 rings (SSSR count). The van der Waals surface area contributed by atoms with E-state index in [9.17, 15) is 9.90 Å². The Morgan fingerprint density at radius 1 is 1.56 bits per heavy atom. The molecule has 0 bridgehead atoms. The van der Waals surface area contributed by atoms with Gasteiger partial charge >= 0.3 is 6.09 Å². The summed E-state index contributed by atoms with van der Waals surface area (Å²) in [6.07, 6.45) is 0.455. The highest BCUT2D eigenvalue weighted by molar-refractivity contribution is 5.68. The van der Waals surface area contributed by atoms with Crippen LogP contribution in [0.1, 0.15) is 27.2 Å². The minimum Gasteiger partial charge on any atom is -0.444 e. The van der Waals surface area contributed by atoms with Crippen LogP contribution in [0.3, 0.4) is 0 Å². The van der Waals surface area contributed by atoms with E-state index in [1.54, 1.807) is 0 Å². The lowest BCUT2D eigenvalue weighted by Gasteiger charge is -2.32. The highest BCUT2D eigenvalue weighted by Crippen LogP contribution is 2.13. The fourth-order valence-corrected chi connectivity index (χ4v) is 1.76. The second kappa shape index (κ2) is 5.50. The van der Waals surface area contributed by atoms with E-state index in [1.807, 2.05) is 20.8 Å². The lowest BCUT2D eigenvalue weighted by molar-refractivity contribution is 0.0455. The highest BCUT2D eigenvalue weighted by Gasteiger charge is 2.27. The first-order valence-corrected chi connectivity index (χ1v) is 5.73. The van der Waals surface area contributed by atoms with Crippen molar-refractivity contribution >= 4 is 6.09 Å². The van der Waals surface area contributed by atoms with Crippen molar-refractivity contribution in [3.05, 3.63) is 0 Å². The summed E-state index contributed by atoms with van der Waals surface area (Å²) in [5, 5.41) is 15.2. The fourth-order valence-electron chi connectivity index (χ4n) is 1.76. The SMILES string of the molecule is CC(C)(C)OC(=O)N[C@H]1CNCC[C@H]1CO. The number of amides is 1. The molecule has 16 heavy (non-hydrogen) atoms. The van der Waals surface area contributed by atoms with Gasteiger partial charge in [0.05, 0.1) is 0 Å². The number of carbonyl (C=O) groups excluding carboxylic acids is 1. The van der Waals surface area contributed by atoms with Crippen molar-refractivity contribution < 1.29 is 14.6 Å². The minimum absolute atomic E-state index is 0.0476. The van der Waals surface area contributed by atoms with Gasteiger partial charge in [-0.15, -0.1) is 0 Å². The average Bonchev–Trinajstić information content (AvgIpc) is 2.15. The second-order valence-electron chi connectivity index (χ2n) is 5.19. The molecular formula is C11H22N2O3. The summed E-state index contributed by atoms with van der Waals surface area (Å²) in [4.78, 5) is 11.5. The smallest absolute Gasteiger partial charge is 0.407 e. The van der Waals surface area contributed by atoms with Gasteiger partial charge in [-0.25, -0.2) is 4.79 Å². The largest absolute Gasteiger partial charge is 0.444 e. The van der Waals surface area contributed by atoms with Crippen molar-refractivity contribution in [3.8, 4) is 0 Å². The number of aliphatic hydroxyl groups excluding tert-OH is 1. The molecule has 2 atom stereocenters. The zero-order chi connectivity index (χ0) is 12.2. The summed E-state index contributed by atoms with van der Waals surface area (Å²) < 4.78 is 5.17. The average molecular weight is 230 g/mol.